The fourth-order valence-electron chi connectivity index (χ4n) is 2.27. The van der Waals surface area contributed by atoms with Crippen molar-refractivity contribution in [3.05, 3.63) is 59.4 Å². The molecule has 2 heterocycles. The summed E-state index contributed by atoms with van der Waals surface area (Å²) in [5.41, 5.74) is 2.51. The van der Waals surface area contributed by atoms with Gasteiger partial charge in [-0.1, -0.05) is 25.1 Å². The Hall–Kier alpha value is -1.58. The van der Waals surface area contributed by atoms with E-state index in [9.17, 15) is 0 Å². The first-order valence-corrected chi connectivity index (χ1v) is 6.99. The van der Waals surface area contributed by atoms with E-state index in [0.29, 0.717) is 0 Å². The smallest absolute Gasteiger partial charge is 0.0953 e. The lowest BCUT2D eigenvalue weighted by atomic mass is 10.0. The molecule has 0 bridgehead atoms. The number of thiophene rings is 1. The van der Waals surface area contributed by atoms with Crippen LogP contribution in [0.4, 0.5) is 0 Å². The molecule has 92 valence electrons. The summed E-state index contributed by atoms with van der Waals surface area (Å²) >= 11 is 1.79. The second-order valence-corrected chi connectivity index (χ2v) is 5.15. The van der Waals surface area contributed by atoms with Gasteiger partial charge in [0.1, 0.15) is 0 Å². The Bertz CT molecular complexity index is 627. The lowest BCUT2D eigenvalue weighted by molar-refractivity contribution is 0.553. The molecule has 1 unspecified atom stereocenters. The summed E-state index contributed by atoms with van der Waals surface area (Å²) in [6, 6.07) is 10.8. The Kier molecular flexibility index (Phi) is 3.17. The van der Waals surface area contributed by atoms with Crippen LogP contribution in [0.3, 0.4) is 0 Å². The Labute approximate surface area is 110 Å². The van der Waals surface area contributed by atoms with Crippen LogP contribution >= 0.6 is 11.3 Å². The maximum absolute atomic E-state index is 5.22. The number of fused-ring (bicyclic) bond motifs is 1. The molecule has 2 aromatic heterocycles. The van der Waals surface area contributed by atoms with Gasteiger partial charge in [-0.05, 0) is 35.0 Å². The maximum Gasteiger partial charge on any atom is 0.0953 e. The average Bonchev–Trinajstić information content (AvgIpc) is 3.06. The first-order chi connectivity index (χ1) is 8.90. The molecule has 0 aliphatic carbocycles. The molecule has 0 saturated heterocycles. The van der Waals surface area contributed by atoms with Crippen molar-refractivity contribution in [2.45, 2.75) is 13.0 Å². The van der Waals surface area contributed by atoms with E-state index < -0.39 is 0 Å². The fourth-order valence-corrected chi connectivity index (χ4v) is 3.26. The predicted molar refractivity (Wildman–Crippen MR) is 76.1 cm³/mol. The highest BCUT2D eigenvalue weighted by Gasteiger charge is 2.17. The molecule has 0 radical (unpaired) electrons. The molecule has 1 N–H and O–H groups in total. The third-order valence-corrected chi connectivity index (χ3v) is 4.09. The molecule has 0 aliphatic rings. The minimum absolute atomic E-state index is 0.213. The van der Waals surface area contributed by atoms with Gasteiger partial charge in [0.15, 0.2) is 0 Å². The molecule has 0 saturated carbocycles. The zero-order valence-corrected chi connectivity index (χ0v) is 11.0. The average molecular weight is 257 g/mol. The second kappa shape index (κ2) is 4.96. The Morgan fingerprint density at radius 2 is 2.17 bits per heavy atom. The number of benzene rings is 1. The first-order valence-electron chi connectivity index (χ1n) is 6.11. The summed E-state index contributed by atoms with van der Waals surface area (Å²) in [5.74, 6) is 0. The van der Waals surface area contributed by atoms with Gasteiger partial charge in [0.05, 0.1) is 18.6 Å². The quantitative estimate of drug-likeness (QED) is 0.758. The summed E-state index contributed by atoms with van der Waals surface area (Å²) in [7, 11) is 0. The van der Waals surface area contributed by atoms with E-state index in [1.54, 1.807) is 17.6 Å². The molecule has 1 atom stereocenters. The monoisotopic (exact) mass is 257 g/mol. The standard InChI is InChI=1S/C15H15NOS/c1-2-16-15(11-7-8-17-9-11)13-10-18-14-6-4-3-5-12(13)14/h3-10,15-16H,2H2,1H3. The summed E-state index contributed by atoms with van der Waals surface area (Å²) in [6.07, 6.45) is 3.55. The van der Waals surface area contributed by atoms with E-state index in [1.165, 1.54) is 21.2 Å². The normalized spacial score (nSPS) is 12.9. The first kappa shape index (κ1) is 11.5. The van der Waals surface area contributed by atoms with Gasteiger partial charge in [0.25, 0.3) is 0 Å². The highest BCUT2D eigenvalue weighted by Crippen LogP contribution is 2.33. The minimum atomic E-state index is 0.213. The van der Waals surface area contributed by atoms with Crippen LogP contribution in [0.5, 0.6) is 0 Å². The highest BCUT2D eigenvalue weighted by atomic mass is 32.1. The van der Waals surface area contributed by atoms with E-state index >= 15 is 0 Å². The molecular formula is C15H15NOS. The van der Waals surface area contributed by atoms with Crippen LogP contribution in [0, 0.1) is 0 Å². The molecule has 3 rings (SSSR count). The van der Waals surface area contributed by atoms with Gasteiger partial charge in [-0.15, -0.1) is 11.3 Å². The van der Waals surface area contributed by atoms with E-state index in [-0.39, 0.29) is 6.04 Å². The van der Waals surface area contributed by atoms with Crippen LogP contribution in [0.15, 0.2) is 52.7 Å². The van der Waals surface area contributed by atoms with Gasteiger partial charge >= 0.3 is 0 Å². The third-order valence-electron chi connectivity index (χ3n) is 3.11. The molecule has 0 fully saturated rings. The van der Waals surface area contributed by atoms with Gasteiger partial charge in [0.2, 0.25) is 0 Å². The minimum Gasteiger partial charge on any atom is -0.472 e. The molecule has 3 heteroatoms. The molecule has 1 aromatic carbocycles. The van der Waals surface area contributed by atoms with Gasteiger partial charge in [0, 0.05) is 10.3 Å². The van der Waals surface area contributed by atoms with Crippen LogP contribution < -0.4 is 5.32 Å². The van der Waals surface area contributed by atoms with Gasteiger partial charge in [-0.2, -0.15) is 0 Å². The lowest BCUT2D eigenvalue weighted by Gasteiger charge is -2.15. The molecule has 0 aliphatic heterocycles. The van der Waals surface area contributed by atoms with Crippen molar-refractivity contribution in [1.29, 1.82) is 0 Å². The van der Waals surface area contributed by atoms with E-state index in [1.807, 2.05) is 12.3 Å². The largest absolute Gasteiger partial charge is 0.472 e. The Morgan fingerprint density at radius 1 is 1.28 bits per heavy atom. The molecule has 18 heavy (non-hydrogen) atoms. The fraction of sp³-hybridized carbons (Fsp3) is 0.200. The van der Waals surface area contributed by atoms with Crippen LogP contribution in [-0.4, -0.2) is 6.54 Å². The van der Waals surface area contributed by atoms with E-state index in [0.717, 1.165) is 6.54 Å². The van der Waals surface area contributed by atoms with Crippen LogP contribution in [0.1, 0.15) is 24.1 Å². The second-order valence-electron chi connectivity index (χ2n) is 4.23. The van der Waals surface area contributed by atoms with Crippen molar-refractivity contribution in [2.24, 2.45) is 0 Å². The summed E-state index contributed by atoms with van der Waals surface area (Å²) in [6.45, 7) is 3.06. The van der Waals surface area contributed by atoms with Crippen molar-refractivity contribution in [2.75, 3.05) is 6.54 Å². The topological polar surface area (TPSA) is 25.2 Å². The predicted octanol–water partition coefficient (Wildman–Crippen LogP) is 4.19. The summed E-state index contributed by atoms with van der Waals surface area (Å²) < 4.78 is 6.55. The van der Waals surface area contributed by atoms with E-state index in [2.05, 4.69) is 41.9 Å². The van der Waals surface area contributed by atoms with Crippen molar-refractivity contribution in [1.82, 2.24) is 5.32 Å². The van der Waals surface area contributed by atoms with Crippen molar-refractivity contribution in [3.8, 4) is 0 Å². The van der Waals surface area contributed by atoms with Crippen molar-refractivity contribution >= 4 is 21.4 Å². The van der Waals surface area contributed by atoms with Crippen molar-refractivity contribution in [3.63, 3.8) is 0 Å². The maximum atomic E-state index is 5.22. The molecule has 2 nitrogen and oxygen atoms in total. The van der Waals surface area contributed by atoms with Crippen molar-refractivity contribution < 1.29 is 4.42 Å². The molecule has 3 aromatic rings. The Balaban J connectivity index is 2.10. The zero-order valence-electron chi connectivity index (χ0n) is 10.2. The number of hydrogen-bond donors (Lipinski definition) is 1. The molecular weight excluding hydrogens is 242 g/mol. The SMILES string of the molecule is CCNC(c1ccoc1)c1csc2ccccc12. The number of hydrogen-bond acceptors (Lipinski definition) is 3. The highest BCUT2D eigenvalue weighted by molar-refractivity contribution is 7.17. The lowest BCUT2D eigenvalue weighted by Crippen LogP contribution is -2.21. The number of nitrogens with one attached hydrogen (secondary N) is 1. The van der Waals surface area contributed by atoms with Crippen LogP contribution in [0.25, 0.3) is 10.1 Å². The van der Waals surface area contributed by atoms with E-state index in [4.69, 9.17) is 4.42 Å². The Morgan fingerprint density at radius 3 is 2.94 bits per heavy atom. The van der Waals surface area contributed by atoms with Crippen LogP contribution in [-0.2, 0) is 0 Å². The number of furan rings is 1. The number of rotatable bonds is 4. The van der Waals surface area contributed by atoms with Crippen LogP contribution in [0.2, 0.25) is 0 Å². The van der Waals surface area contributed by atoms with Gasteiger partial charge in [-0.25, -0.2) is 0 Å². The summed E-state index contributed by atoms with van der Waals surface area (Å²) in [4.78, 5) is 0. The van der Waals surface area contributed by atoms with Gasteiger partial charge in [-0.3, -0.25) is 0 Å². The molecule has 0 amide bonds. The third kappa shape index (κ3) is 1.96. The zero-order chi connectivity index (χ0) is 12.4. The van der Waals surface area contributed by atoms with Gasteiger partial charge < -0.3 is 9.73 Å². The summed E-state index contributed by atoms with van der Waals surface area (Å²) in [5, 5.41) is 7.10. The molecule has 0 spiro atoms.